The molecule has 1 aliphatic heterocycles. The summed E-state index contributed by atoms with van der Waals surface area (Å²) >= 11 is 0. The minimum Gasteiger partial charge on any atom is -0.394 e. The summed E-state index contributed by atoms with van der Waals surface area (Å²) in [5.74, 6) is 0.0646. The molecule has 1 aromatic heterocycles. The van der Waals surface area contributed by atoms with E-state index < -0.39 is 0 Å². The lowest BCUT2D eigenvalue weighted by Gasteiger charge is -2.36. The normalized spacial score (nSPS) is 24.0. The molecule has 0 aliphatic carbocycles. The zero-order valence-corrected chi connectivity index (χ0v) is 10.5. The van der Waals surface area contributed by atoms with E-state index in [1.54, 1.807) is 17.3 Å². The van der Waals surface area contributed by atoms with E-state index in [9.17, 15) is 4.79 Å². The van der Waals surface area contributed by atoms with Gasteiger partial charge in [0.25, 0.3) is 0 Å². The van der Waals surface area contributed by atoms with Gasteiger partial charge in [-0.2, -0.15) is 0 Å². The second kappa shape index (κ2) is 5.93. The van der Waals surface area contributed by atoms with Crippen molar-refractivity contribution >= 4 is 5.91 Å². The Morgan fingerprint density at radius 2 is 2.22 bits per heavy atom. The fraction of sp³-hybridized carbons (Fsp3) is 0.538. The van der Waals surface area contributed by atoms with Gasteiger partial charge in [0.2, 0.25) is 5.91 Å². The molecule has 0 saturated carbocycles. The number of aromatic nitrogens is 1. The van der Waals surface area contributed by atoms with Gasteiger partial charge in [0.15, 0.2) is 0 Å². The van der Waals surface area contributed by atoms with Crippen LogP contribution in [0.2, 0.25) is 0 Å². The van der Waals surface area contributed by atoms with Crippen molar-refractivity contribution < 1.29 is 14.6 Å². The van der Waals surface area contributed by atoms with Crippen LogP contribution in [0.25, 0.3) is 0 Å². The van der Waals surface area contributed by atoms with E-state index in [2.05, 4.69) is 4.98 Å². The van der Waals surface area contributed by atoms with Crippen LogP contribution in [0.3, 0.4) is 0 Å². The molecule has 0 radical (unpaired) electrons. The lowest BCUT2D eigenvalue weighted by molar-refractivity contribution is -0.146. The van der Waals surface area contributed by atoms with Crippen LogP contribution >= 0.6 is 0 Å². The Morgan fingerprint density at radius 1 is 1.50 bits per heavy atom. The van der Waals surface area contributed by atoms with Gasteiger partial charge in [0, 0.05) is 25.5 Å². The average molecular weight is 250 g/mol. The molecule has 2 atom stereocenters. The minimum atomic E-state index is -0.268. The Hall–Kier alpha value is -1.46. The fourth-order valence-corrected chi connectivity index (χ4v) is 2.14. The lowest BCUT2D eigenvalue weighted by atomic mass is 10.1. The number of nitrogens with zero attached hydrogens (tertiary/aromatic N) is 2. The first kappa shape index (κ1) is 13.0. The van der Waals surface area contributed by atoms with E-state index in [0.29, 0.717) is 19.5 Å². The second-order valence-corrected chi connectivity index (χ2v) is 4.58. The number of carbonyl (C=O) groups excluding carboxylic acids is 1. The Balaban J connectivity index is 1.96. The first-order valence-corrected chi connectivity index (χ1v) is 6.12. The summed E-state index contributed by atoms with van der Waals surface area (Å²) in [5.41, 5.74) is 0.953. The SMILES string of the molecule is CC1CN(C(=O)Cc2ccncc2)CC(CO)O1. The van der Waals surface area contributed by atoms with Gasteiger partial charge in [0.1, 0.15) is 0 Å². The van der Waals surface area contributed by atoms with Crippen LogP contribution in [0.4, 0.5) is 0 Å². The summed E-state index contributed by atoms with van der Waals surface area (Å²) in [4.78, 5) is 17.8. The highest BCUT2D eigenvalue weighted by molar-refractivity contribution is 5.78. The highest BCUT2D eigenvalue weighted by Crippen LogP contribution is 2.12. The van der Waals surface area contributed by atoms with Crippen LogP contribution in [0.5, 0.6) is 0 Å². The Labute approximate surface area is 106 Å². The summed E-state index contributed by atoms with van der Waals surface area (Å²) < 4.78 is 5.51. The third-order valence-corrected chi connectivity index (χ3v) is 2.99. The summed E-state index contributed by atoms with van der Waals surface area (Å²) in [6.07, 6.45) is 3.43. The standard InChI is InChI=1S/C13H18N2O3/c1-10-7-15(8-12(9-16)18-10)13(17)6-11-2-4-14-5-3-11/h2-5,10,12,16H,6-9H2,1H3. The maximum Gasteiger partial charge on any atom is 0.227 e. The van der Waals surface area contributed by atoms with Crippen LogP contribution < -0.4 is 0 Å². The molecule has 1 N–H and O–H groups in total. The molecule has 1 saturated heterocycles. The van der Waals surface area contributed by atoms with Gasteiger partial charge in [-0.25, -0.2) is 0 Å². The number of rotatable bonds is 3. The van der Waals surface area contributed by atoms with Crippen LogP contribution in [0.1, 0.15) is 12.5 Å². The molecule has 98 valence electrons. The molecule has 18 heavy (non-hydrogen) atoms. The van der Waals surface area contributed by atoms with Crippen molar-refractivity contribution in [2.75, 3.05) is 19.7 Å². The van der Waals surface area contributed by atoms with Gasteiger partial charge in [-0.3, -0.25) is 9.78 Å². The quantitative estimate of drug-likeness (QED) is 0.834. The van der Waals surface area contributed by atoms with Crippen molar-refractivity contribution in [3.63, 3.8) is 0 Å². The molecular formula is C13H18N2O3. The molecule has 1 aliphatic rings. The number of carbonyl (C=O) groups is 1. The second-order valence-electron chi connectivity index (χ2n) is 4.58. The molecule has 0 bridgehead atoms. The third-order valence-electron chi connectivity index (χ3n) is 2.99. The van der Waals surface area contributed by atoms with Crippen LogP contribution in [-0.2, 0) is 16.0 Å². The van der Waals surface area contributed by atoms with Crippen LogP contribution in [-0.4, -0.2) is 52.8 Å². The maximum absolute atomic E-state index is 12.1. The highest BCUT2D eigenvalue weighted by atomic mass is 16.5. The molecule has 1 fully saturated rings. The molecule has 0 aromatic carbocycles. The molecular weight excluding hydrogens is 232 g/mol. The molecule has 0 spiro atoms. The minimum absolute atomic E-state index is 0.0303. The van der Waals surface area contributed by atoms with E-state index in [4.69, 9.17) is 9.84 Å². The Kier molecular flexibility index (Phi) is 4.28. The number of aliphatic hydroxyl groups is 1. The van der Waals surface area contributed by atoms with Gasteiger partial charge in [0.05, 0.1) is 25.2 Å². The molecule has 2 rings (SSSR count). The number of hydrogen-bond acceptors (Lipinski definition) is 4. The topological polar surface area (TPSA) is 62.7 Å². The fourth-order valence-electron chi connectivity index (χ4n) is 2.14. The summed E-state index contributed by atoms with van der Waals surface area (Å²) in [6.45, 7) is 2.91. The van der Waals surface area contributed by atoms with Crippen molar-refractivity contribution in [2.45, 2.75) is 25.6 Å². The van der Waals surface area contributed by atoms with Crippen LogP contribution in [0, 0.1) is 0 Å². The van der Waals surface area contributed by atoms with E-state index in [-0.39, 0.29) is 24.7 Å². The molecule has 2 unspecified atom stereocenters. The van der Waals surface area contributed by atoms with Crippen molar-refractivity contribution in [1.82, 2.24) is 9.88 Å². The Morgan fingerprint density at radius 3 is 2.89 bits per heavy atom. The Bertz CT molecular complexity index is 396. The first-order valence-electron chi connectivity index (χ1n) is 6.12. The monoisotopic (exact) mass is 250 g/mol. The van der Waals surface area contributed by atoms with Gasteiger partial charge in [-0.15, -0.1) is 0 Å². The predicted molar refractivity (Wildman–Crippen MR) is 65.9 cm³/mol. The zero-order valence-electron chi connectivity index (χ0n) is 10.5. The number of amides is 1. The largest absolute Gasteiger partial charge is 0.394 e. The molecule has 2 heterocycles. The number of ether oxygens (including phenoxy) is 1. The van der Waals surface area contributed by atoms with E-state index in [0.717, 1.165) is 5.56 Å². The maximum atomic E-state index is 12.1. The lowest BCUT2D eigenvalue weighted by Crippen LogP contribution is -2.50. The zero-order chi connectivity index (χ0) is 13.0. The van der Waals surface area contributed by atoms with Gasteiger partial charge in [-0.05, 0) is 24.6 Å². The molecule has 5 heteroatoms. The number of pyridine rings is 1. The summed E-state index contributed by atoms with van der Waals surface area (Å²) in [7, 11) is 0. The van der Waals surface area contributed by atoms with E-state index >= 15 is 0 Å². The molecule has 1 aromatic rings. The van der Waals surface area contributed by atoms with Crippen molar-refractivity contribution in [1.29, 1.82) is 0 Å². The summed E-state index contributed by atoms with van der Waals surface area (Å²) in [6, 6.07) is 3.68. The van der Waals surface area contributed by atoms with Crippen molar-refractivity contribution in [3.8, 4) is 0 Å². The number of morpholine rings is 1. The van der Waals surface area contributed by atoms with Crippen molar-refractivity contribution in [3.05, 3.63) is 30.1 Å². The smallest absolute Gasteiger partial charge is 0.227 e. The first-order chi connectivity index (χ1) is 8.69. The number of aliphatic hydroxyl groups excluding tert-OH is 1. The predicted octanol–water partition coefficient (Wildman–Crippen LogP) is 0.232. The highest BCUT2D eigenvalue weighted by Gasteiger charge is 2.27. The number of hydrogen-bond donors (Lipinski definition) is 1. The van der Waals surface area contributed by atoms with Crippen molar-refractivity contribution in [2.24, 2.45) is 0 Å². The van der Waals surface area contributed by atoms with E-state index in [1.165, 1.54) is 0 Å². The van der Waals surface area contributed by atoms with Gasteiger partial charge < -0.3 is 14.7 Å². The summed E-state index contributed by atoms with van der Waals surface area (Å²) in [5, 5.41) is 9.13. The molecule has 5 nitrogen and oxygen atoms in total. The van der Waals surface area contributed by atoms with Gasteiger partial charge >= 0.3 is 0 Å². The van der Waals surface area contributed by atoms with Gasteiger partial charge in [-0.1, -0.05) is 0 Å². The van der Waals surface area contributed by atoms with Crippen LogP contribution in [0.15, 0.2) is 24.5 Å². The third kappa shape index (κ3) is 3.27. The molecule has 1 amide bonds. The van der Waals surface area contributed by atoms with E-state index in [1.807, 2.05) is 19.1 Å². The average Bonchev–Trinajstić information content (AvgIpc) is 2.39.